The van der Waals surface area contributed by atoms with Crippen molar-refractivity contribution in [3.63, 3.8) is 0 Å². The molecule has 0 fully saturated rings. The molecule has 0 atom stereocenters. The fraction of sp³-hybridized carbons (Fsp3) is 0. The first kappa shape index (κ1) is 9.15. The van der Waals surface area contributed by atoms with Gasteiger partial charge in [-0.05, 0) is 34.1 Å². The molecule has 1 amide bonds. The molecule has 3 N–H and O–H groups in total. The number of carbonyl (C=O) groups excluding carboxylic acids is 1. The molecule has 1 rings (SSSR count). The van der Waals surface area contributed by atoms with Crippen LogP contribution in [0.2, 0.25) is 0 Å². The molecule has 0 aromatic heterocycles. The zero-order valence-corrected chi connectivity index (χ0v) is 7.56. The van der Waals surface area contributed by atoms with E-state index < -0.39 is 11.7 Å². The molecule has 0 aliphatic carbocycles. The minimum atomic E-state index is -0.527. The molecule has 0 bridgehead atoms. The van der Waals surface area contributed by atoms with Crippen molar-refractivity contribution >= 4 is 21.8 Å². The number of nitrogens with one attached hydrogen (secondary N) is 1. The molecule has 0 spiro atoms. The predicted octanol–water partition coefficient (Wildman–Crippen LogP) is 1.19. The van der Waals surface area contributed by atoms with Gasteiger partial charge in [-0.1, -0.05) is 0 Å². The van der Waals surface area contributed by atoms with Gasteiger partial charge in [-0.2, -0.15) is 0 Å². The molecule has 0 unspecified atom stereocenters. The average molecular weight is 233 g/mol. The lowest BCUT2D eigenvalue weighted by atomic mass is 10.2. The normalized spacial score (nSPS) is 9.58. The van der Waals surface area contributed by atoms with Gasteiger partial charge in [0.05, 0.1) is 5.56 Å². The largest absolute Gasteiger partial charge is 0.290 e. The van der Waals surface area contributed by atoms with Crippen LogP contribution < -0.4 is 11.3 Å². The van der Waals surface area contributed by atoms with Crippen LogP contribution in [0.4, 0.5) is 4.39 Å². The highest BCUT2D eigenvalue weighted by molar-refractivity contribution is 9.10. The molecular weight excluding hydrogens is 227 g/mol. The number of benzene rings is 1. The van der Waals surface area contributed by atoms with Gasteiger partial charge in [0.1, 0.15) is 5.82 Å². The molecule has 1 aromatic carbocycles. The van der Waals surface area contributed by atoms with Crippen molar-refractivity contribution in [1.82, 2.24) is 5.43 Å². The van der Waals surface area contributed by atoms with Crippen LogP contribution in [-0.2, 0) is 0 Å². The smallest absolute Gasteiger partial charge is 0.266 e. The predicted molar refractivity (Wildman–Crippen MR) is 45.8 cm³/mol. The molecule has 0 saturated heterocycles. The van der Waals surface area contributed by atoms with E-state index in [1.807, 2.05) is 5.43 Å². The van der Waals surface area contributed by atoms with Crippen LogP contribution in [0.1, 0.15) is 10.4 Å². The Morgan fingerprint density at radius 2 is 2.25 bits per heavy atom. The number of amides is 1. The van der Waals surface area contributed by atoms with E-state index >= 15 is 0 Å². The summed E-state index contributed by atoms with van der Waals surface area (Å²) in [5.74, 6) is 3.88. The standard InChI is InChI=1S/C7H6BrFN2O/c8-6-2-1-4(9)3-5(6)7(12)11-10/h1-3H,10H2,(H,11,12). The van der Waals surface area contributed by atoms with E-state index in [0.29, 0.717) is 4.47 Å². The van der Waals surface area contributed by atoms with Crippen molar-refractivity contribution in [2.24, 2.45) is 5.84 Å². The summed E-state index contributed by atoms with van der Waals surface area (Å²) >= 11 is 3.09. The highest BCUT2D eigenvalue weighted by atomic mass is 79.9. The van der Waals surface area contributed by atoms with Crippen LogP contribution in [0.5, 0.6) is 0 Å². The van der Waals surface area contributed by atoms with Gasteiger partial charge in [-0.25, -0.2) is 10.2 Å². The van der Waals surface area contributed by atoms with Crippen molar-refractivity contribution in [1.29, 1.82) is 0 Å². The van der Waals surface area contributed by atoms with Crippen molar-refractivity contribution in [2.75, 3.05) is 0 Å². The molecule has 3 nitrogen and oxygen atoms in total. The van der Waals surface area contributed by atoms with E-state index in [2.05, 4.69) is 15.9 Å². The third-order valence-electron chi connectivity index (χ3n) is 1.30. The molecule has 0 aliphatic rings. The summed E-state index contributed by atoms with van der Waals surface area (Å²) in [5, 5.41) is 0. The Morgan fingerprint density at radius 3 is 2.83 bits per heavy atom. The Bertz CT molecular complexity index is 316. The van der Waals surface area contributed by atoms with Gasteiger partial charge < -0.3 is 0 Å². The highest BCUT2D eigenvalue weighted by Crippen LogP contribution is 2.17. The minimum absolute atomic E-state index is 0.178. The quantitative estimate of drug-likeness (QED) is 0.435. The number of halogens is 2. The molecule has 64 valence electrons. The number of hydrogen-bond donors (Lipinski definition) is 2. The van der Waals surface area contributed by atoms with Gasteiger partial charge in [0, 0.05) is 4.47 Å². The van der Waals surface area contributed by atoms with Crippen molar-refractivity contribution in [2.45, 2.75) is 0 Å². The SMILES string of the molecule is NNC(=O)c1cc(F)ccc1Br. The van der Waals surface area contributed by atoms with Crippen LogP contribution >= 0.6 is 15.9 Å². The van der Waals surface area contributed by atoms with Gasteiger partial charge in [0.25, 0.3) is 5.91 Å². The molecule has 1 aromatic rings. The number of rotatable bonds is 1. The van der Waals surface area contributed by atoms with Gasteiger partial charge in [-0.3, -0.25) is 10.2 Å². The Kier molecular flexibility index (Phi) is 2.78. The molecule has 5 heteroatoms. The third kappa shape index (κ3) is 1.80. The Labute approximate surface area is 76.9 Å². The summed E-state index contributed by atoms with van der Waals surface area (Å²) in [6.45, 7) is 0. The van der Waals surface area contributed by atoms with Crippen molar-refractivity contribution < 1.29 is 9.18 Å². The van der Waals surface area contributed by atoms with Crippen LogP contribution in [0.3, 0.4) is 0 Å². The summed E-state index contributed by atoms with van der Waals surface area (Å²) in [6.07, 6.45) is 0. The van der Waals surface area contributed by atoms with Gasteiger partial charge in [-0.15, -0.1) is 0 Å². The second-order valence-electron chi connectivity index (χ2n) is 2.10. The highest BCUT2D eigenvalue weighted by Gasteiger charge is 2.08. The van der Waals surface area contributed by atoms with E-state index in [-0.39, 0.29) is 5.56 Å². The first-order chi connectivity index (χ1) is 5.65. The van der Waals surface area contributed by atoms with Crippen molar-refractivity contribution in [3.8, 4) is 0 Å². The van der Waals surface area contributed by atoms with E-state index in [4.69, 9.17) is 5.84 Å². The molecule has 0 heterocycles. The van der Waals surface area contributed by atoms with Crippen LogP contribution in [0.15, 0.2) is 22.7 Å². The summed E-state index contributed by atoms with van der Waals surface area (Å²) < 4.78 is 13.1. The zero-order chi connectivity index (χ0) is 9.14. The van der Waals surface area contributed by atoms with Gasteiger partial charge >= 0.3 is 0 Å². The van der Waals surface area contributed by atoms with E-state index in [9.17, 15) is 9.18 Å². The maximum Gasteiger partial charge on any atom is 0.266 e. The van der Waals surface area contributed by atoms with Crippen LogP contribution in [0.25, 0.3) is 0 Å². The average Bonchev–Trinajstić information content (AvgIpc) is 2.08. The minimum Gasteiger partial charge on any atom is -0.290 e. The lowest BCUT2D eigenvalue weighted by Gasteiger charge is -2.01. The Morgan fingerprint density at radius 1 is 1.58 bits per heavy atom. The summed E-state index contributed by atoms with van der Waals surface area (Å²) in [6, 6.07) is 3.80. The molecule has 0 aliphatic heterocycles. The topological polar surface area (TPSA) is 55.1 Å². The van der Waals surface area contributed by atoms with Gasteiger partial charge in [0.15, 0.2) is 0 Å². The van der Waals surface area contributed by atoms with E-state index in [1.54, 1.807) is 0 Å². The lowest BCUT2D eigenvalue weighted by Crippen LogP contribution is -2.30. The molecular formula is C7H6BrFN2O. The summed E-state index contributed by atoms with van der Waals surface area (Å²) in [4.78, 5) is 11.0. The number of hydrogen-bond acceptors (Lipinski definition) is 2. The lowest BCUT2D eigenvalue weighted by molar-refractivity contribution is 0.0952. The number of nitrogens with two attached hydrogens (primary N) is 1. The van der Waals surface area contributed by atoms with Crippen molar-refractivity contribution in [3.05, 3.63) is 34.1 Å². The molecule has 0 radical (unpaired) electrons. The zero-order valence-electron chi connectivity index (χ0n) is 5.97. The second-order valence-corrected chi connectivity index (χ2v) is 2.95. The molecule has 12 heavy (non-hydrogen) atoms. The van der Waals surface area contributed by atoms with Crippen LogP contribution in [-0.4, -0.2) is 5.91 Å². The Hall–Kier alpha value is -0.940. The number of carbonyl (C=O) groups is 1. The molecule has 0 saturated carbocycles. The van der Waals surface area contributed by atoms with Crippen LogP contribution in [0, 0.1) is 5.82 Å². The monoisotopic (exact) mass is 232 g/mol. The maximum atomic E-state index is 12.6. The van der Waals surface area contributed by atoms with Gasteiger partial charge in [0.2, 0.25) is 0 Å². The first-order valence-electron chi connectivity index (χ1n) is 3.11. The van der Waals surface area contributed by atoms with E-state index in [1.165, 1.54) is 12.1 Å². The summed E-state index contributed by atoms with van der Waals surface area (Å²) in [7, 11) is 0. The first-order valence-corrected chi connectivity index (χ1v) is 3.90. The maximum absolute atomic E-state index is 12.6. The Balaban J connectivity index is 3.13. The fourth-order valence-corrected chi connectivity index (χ4v) is 1.18. The summed E-state index contributed by atoms with van der Waals surface area (Å²) in [5.41, 5.74) is 2.09. The fourth-order valence-electron chi connectivity index (χ4n) is 0.749. The second kappa shape index (κ2) is 3.64. The third-order valence-corrected chi connectivity index (χ3v) is 2.00. The number of nitrogen functional groups attached to an aromatic ring is 1. The van der Waals surface area contributed by atoms with E-state index in [0.717, 1.165) is 6.07 Å². The number of hydrazine groups is 1.